The minimum Gasteiger partial charge on any atom is -0.348 e. The minimum absolute atomic E-state index is 0.153. The summed E-state index contributed by atoms with van der Waals surface area (Å²) < 4.78 is 0. The molecular formula is C34H36N10O3. The van der Waals surface area contributed by atoms with Crippen molar-refractivity contribution in [2.45, 2.75) is 36.8 Å². The first-order valence-electron chi connectivity index (χ1n) is 15.1. The number of aromatic nitrogens is 4. The van der Waals surface area contributed by atoms with Gasteiger partial charge in [0.1, 0.15) is 0 Å². The van der Waals surface area contributed by atoms with Crippen LogP contribution >= 0.6 is 0 Å². The van der Waals surface area contributed by atoms with Crippen molar-refractivity contribution in [3.8, 4) is 0 Å². The molecule has 0 spiro atoms. The van der Waals surface area contributed by atoms with E-state index >= 15 is 0 Å². The number of fused-ring (bicyclic) bond motifs is 1. The third-order valence-electron chi connectivity index (χ3n) is 8.44. The molecule has 47 heavy (non-hydrogen) atoms. The highest BCUT2D eigenvalue weighted by atomic mass is 16.2. The molecule has 13 nitrogen and oxygen atoms in total. The number of anilines is 2. The van der Waals surface area contributed by atoms with E-state index in [0.29, 0.717) is 17.8 Å². The van der Waals surface area contributed by atoms with Crippen molar-refractivity contribution < 1.29 is 14.4 Å². The zero-order chi connectivity index (χ0) is 33.1. The number of nitrogens with one attached hydrogen (secondary N) is 5. The Balaban J connectivity index is 1.37. The van der Waals surface area contributed by atoms with E-state index in [2.05, 4.69) is 42.5 Å². The molecule has 2 unspecified atom stereocenters. The zero-order valence-corrected chi connectivity index (χ0v) is 25.5. The fourth-order valence-corrected chi connectivity index (χ4v) is 6.31. The summed E-state index contributed by atoms with van der Waals surface area (Å²) in [7, 11) is 0. The number of amides is 3. The van der Waals surface area contributed by atoms with E-state index in [4.69, 9.17) is 17.2 Å². The van der Waals surface area contributed by atoms with Crippen molar-refractivity contribution in [1.82, 2.24) is 25.3 Å². The van der Waals surface area contributed by atoms with E-state index in [1.807, 2.05) is 42.5 Å². The molecule has 0 saturated heterocycles. The van der Waals surface area contributed by atoms with Crippen LogP contribution in [-0.2, 0) is 27.2 Å². The third kappa shape index (κ3) is 6.40. The van der Waals surface area contributed by atoms with Gasteiger partial charge in [0.05, 0.1) is 31.3 Å². The first-order chi connectivity index (χ1) is 22.8. The molecule has 3 aliphatic carbocycles. The van der Waals surface area contributed by atoms with Crippen molar-refractivity contribution in [3.63, 3.8) is 0 Å². The van der Waals surface area contributed by atoms with Crippen LogP contribution in [0.3, 0.4) is 0 Å². The third-order valence-corrected chi connectivity index (χ3v) is 8.44. The van der Waals surface area contributed by atoms with E-state index in [-0.39, 0.29) is 42.5 Å². The second-order valence-corrected chi connectivity index (χ2v) is 11.5. The van der Waals surface area contributed by atoms with Gasteiger partial charge in [-0.25, -0.2) is 9.97 Å². The van der Waals surface area contributed by atoms with Gasteiger partial charge in [-0.15, -0.1) is 0 Å². The van der Waals surface area contributed by atoms with Crippen molar-refractivity contribution in [2.75, 3.05) is 17.2 Å². The number of hydrogen-bond acceptors (Lipinski definition) is 8. The Labute approximate surface area is 270 Å². The number of aromatic amines is 2. The molecule has 0 saturated carbocycles. The Morgan fingerprint density at radius 3 is 1.89 bits per heavy atom. The summed E-state index contributed by atoms with van der Waals surface area (Å²) in [5, 5.41) is 8.72. The number of carbonyl (C=O) groups is 3. The summed E-state index contributed by atoms with van der Waals surface area (Å²) >= 11 is 0. The molecule has 2 heterocycles. The Kier molecular flexibility index (Phi) is 8.93. The van der Waals surface area contributed by atoms with Gasteiger partial charge in [-0.2, -0.15) is 0 Å². The second-order valence-electron chi connectivity index (χ2n) is 11.5. The first-order valence-corrected chi connectivity index (χ1v) is 15.1. The maximum atomic E-state index is 13.2. The number of imidazole rings is 2. The molecule has 0 fully saturated rings. The van der Waals surface area contributed by atoms with Gasteiger partial charge in [-0.05, 0) is 57.7 Å². The van der Waals surface area contributed by atoms with Gasteiger partial charge in [0.25, 0.3) is 0 Å². The molecule has 4 aromatic rings. The number of nitrogens with two attached hydrogens (primary N) is 3. The average Bonchev–Trinajstić information content (AvgIpc) is 3.78. The van der Waals surface area contributed by atoms with Crippen molar-refractivity contribution in [2.24, 2.45) is 17.2 Å². The Morgan fingerprint density at radius 2 is 1.36 bits per heavy atom. The second kappa shape index (κ2) is 13.4. The largest absolute Gasteiger partial charge is 0.348 e. The molecule has 0 radical (unpaired) electrons. The Hall–Kier alpha value is -5.63. The normalized spacial score (nSPS) is 19.0. The number of carbonyl (C=O) groups excluding carboxylic acids is 3. The molecule has 240 valence electrons. The lowest BCUT2D eigenvalue weighted by molar-refractivity contribution is -0.121. The lowest BCUT2D eigenvalue weighted by Gasteiger charge is -2.44. The summed E-state index contributed by atoms with van der Waals surface area (Å²) in [6, 6.07) is 9.98. The van der Waals surface area contributed by atoms with Crippen LogP contribution in [-0.4, -0.2) is 56.3 Å². The molecule has 7 rings (SSSR count). The fourth-order valence-electron chi connectivity index (χ4n) is 6.31. The number of allylic oxidation sites excluding steroid dienone is 4. The van der Waals surface area contributed by atoms with Crippen LogP contribution in [0, 0.1) is 0 Å². The van der Waals surface area contributed by atoms with Gasteiger partial charge in [0, 0.05) is 66.0 Å². The molecule has 11 N–H and O–H groups in total. The predicted octanol–water partition coefficient (Wildman–Crippen LogP) is 1.81. The van der Waals surface area contributed by atoms with E-state index in [1.54, 1.807) is 31.0 Å². The standard InChI is InChI=1S/C34H36N10O3/c1-2-3-22-27(15-40-33(46)28(36)10-20-13-38-16-41-20)32-25-8-18(43-30(45)12-35)4-6-23(25)31(22)24-7-5-19(9-26(24)32)44-34(47)29(37)11-21-14-39-17-42-21/h2-9,13-17,28-29,31-32H,1,10-12,35-37H2,(H,38,41)(H,39,42)(H,40,46)(H,43,45)(H,44,47)/b22-3?,27-15+/t28-,29-,31?,32?/m0/s1. The van der Waals surface area contributed by atoms with Gasteiger partial charge >= 0.3 is 0 Å². The smallest absolute Gasteiger partial charge is 0.241 e. The molecule has 13 heteroatoms. The van der Waals surface area contributed by atoms with Crippen LogP contribution in [0.4, 0.5) is 11.4 Å². The van der Waals surface area contributed by atoms with E-state index < -0.39 is 12.1 Å². The van der Waals surface area contributed by atoms with E-state index in [1.165, 1.54) is 6.33 Å². The zero-order valence-electron chi connectivity index (χ0n) is 25.5. The van der Waals surface area contributed by atoms with Crippen LogP contribution in [0.15, 0.2) is 97.5 Å². The van der Waals surface area contributed by atoms with Gasteiger partial charge in [0.2, 0.25) is 17.7 Å². The number of nitrogens with zero attached hydrogens (tertiary/aromatic N) is 2. The average molecular weight is 633 g/mol. The quantitative estimate of drug-likeness (QED) is 0.121. The van der Waals surface area contributed by atoms with Crippen LogP contribution in [0.25, 0.3) is 0 Å². The summed E-state index contributed by atoms with van der Waals surface area (Å²) in [6.45, 7) is 3.80. The lowest BCUT2D eigenvalue weighted by atomic mass is 9.59. The summed E-state index contributed by atoms with van der Waals surface area (Å²) in [6.07, 6.45) is 12.3. The first kappa shape index (κ1) is 31.4. The molecule has 0 aliphatic heterocycles. The van der Waals surface area contributed by atoms with Crippen LogP contribution in [0.5, 0.6) is 0 Å². The highest BCUT2D eigenvalue weighted by Gasteiger charge is 2.44. The van der Waals surface area contributed by atoms with Crippen molar-refractivity contribution in [3.05, 3.63) is 131 Å². The van der Waals surface area contributed by atoms with Gasteiger partial charge in [0.15, 0.2) is 0 Å². The molecule has 4 atom stereocenters. The fraction of sp³-hybridized carbons (Fsp3) is 0.206. The highest BCUT2D eigenvalue weighted by molar-refractivity contribution is 5.95. The predicted molar refractivity (Wildman–Crippen MR) is 178 cm³/mol. The van der Waals surface area contributed by atoms with Crippen LogP contribution in [0.2, 0.25) is 0 Å². The highest BCUT2D eigenvalue weighted by Crippen LogP contribution is 2.58. The topological polar surface area (TPSA) is 223 Å². The van der Waals surface area contributed by atoms with Gasteiger partial charge < -0.3 is 43.1 Å². The molecule has 3 aliphatic rings. The Bertz CT molecular complexity index is 1880. The minimum atomic E-state index is -0.814. The number of benzene rings is 2. The SMILES string of the molecule is C=CC=C1/C(=C\NC(=O)[C@@H](N)Cc2cnc[nH]2)C2c3cc(NC(=O)CN)ccc3C1c1ccc(NC(=O)[C@@H](N)Cc3cnc[nH]3)cc12. The van der Waals surface area contributed by atoms with Crippen LogP contribution < -0.4 is 33.2 Å². The number of rotatable bonds is 11. The Morgan fingerprint density at radius 1 is 0.809 bits per heavy atom. The summed E-state index contributed by atoms with van der Waals surface area (Å²) in [5.41, 5.74) is 26.5. The van der Waals surface area contributed by atoms with E-state index in [9.17, 15) is 14.4 Å². The maximum Gasteiger partial charge on any atom is 0.241 e. The van der Waals surface area contributed by atoms with Crippen molar-refractivity contribution in [1.29, 1.82) is 0 Å². The molecule has 2 bridgehead atoms. The molecular weight excluding hydrogens is 596 g/mol. The molecule has 3 amide bonds. The maximum absolute atomic E-state index is 13.2. The molecule has 2 aromatic carbocycles. The van der Waals surface area contributed by atoms with Crippen molar-refractivity contribution >= 4 is 29.1 Å². The van der Waals surface area contributed by atoms with Crippen LogP contribution in [0.1, 0.15) is 45.5 Å². The number of H-pyrrole nitrogens is 2. The molecule has 2 aromatic heterocycles. The van der Waals surface area contributed by atoms with E-state index in [0.717, 1.165) is 44.8 Å². The summed E-state index contributed by atoms with van der Waals surface area (Å²) in [4.78, 5) is 52.3. The lowest BCUT2D eigenvalue weighted by Crippen LogP contribution is -2.40. The summed E-state index contributed by atoms with van der Waals surface area (Å²) in [5.74, 6) is -1.59. The van der Waals surface area contributed by atoms with Gasteiger partial charge in [-0.1, -0.05) is 30.9 Å². The van der Waals surface area contributed by atoms with Gasteiger partial charge in [-0.3, -0.25) is 14.4 Å². The monoisotopic (exact) mass is 632 g/mol. The number of hydrogen-bond donors (Lipinski definition) is 8.